The van der Waals surface area contributed by atoms with Crippen molar-refractivity contribution in [3.05, 3.63) is 61.5 Å². The van der Waals surface area contributed by atoms with Crippen LogP contribution < -0.4 is 11.2 Å². The lowest BCUT2D eigenvalue weighted by molar-refractivity contribution is 0.0230. The molecule has 0 aromatic heterocycles. The molecule has 0 radical (unpaired) electrons. The van der Waals surface area contributed by atoms with Gasteiger partial charge in [-0.3, -0.25) is 4.79 Å². The number of hydroxylamine groups is 1. The molecule has 0 bridgehead atoms. The van der Waals surface area contributed by atoms with Gasteiger partial charge in [-0.2, -0.15) is 5.48 Å². The van der Waals surface area contributed by atoms with Gasteiger partial charge in [0.1, 0.15) is 0 Å². The zero-order valence-electron chi connectivity index (χ0n) is 11.2. The number of carbonyl (C=O) groups is 2. The average Bonchev–Trinajstić information content (AvgIpc) is 2.57. The second kappa shape index (κ2) is 7.27. The predicted molar refractivity (Wildman–Crippen MR) is 90.2 cm³/mol. The second-order valence-electron chi connectivity index (χ2n) is 4.23. The number of hydrogen-bond acceptors (Lipinski definition) is 4. The van der Waals surface area contributed by atoms with Crippen molar-refractivity contribution < 1.29 is 14.4 Å². The van der Waals surface area contributed by atoms with Crippen LogP contribution in [-0.2, 0) is 4.84 Å². The van der Waals surface area contributed by atoms with Crippen LogP contribution >= 0.6 is 46.4 Å². The smallest absolute Gasteiger partial charge is 0.362 e. The highest BCUT2D eigenvalue weighted by Crippen LogP contribution is 2.42. The summed E-state index contributed by atoms with van der Waals surface area (Å²) >= 11 is 23.6. The van der Waals surface area contributed by atoms with Gasteiger partial charge in [0.2, 0.25) is 0 Å². The molecule has 0 aliphatic carbocycles. The first-order valence-corrected chi connectivity index (χ1v) is 7.53. The van der Waals surface area contributed by atoms with E-state index >= 15 is 0 Å². The molecule has 0 fully saturated rings. The summed E-state index contributed by atoms with van der Waals surface area (Å²) in [5.41, 5.74) is 7.47. The van der Waals surface area contributed by atoms with Gasteiger partial charge in [0.05, 0.1) is 36.9 Å². The van der Waals surface area contributed by atoms with Gasteiger partial charge in [0.15, 0.2) is 0 Å². The number of amides is 1. The molecule has 3 N–H and O–H groups in total. The van der Waals surface area contributed by atoms with Gasteiger partial charge in [-0.25, -0.2) is 4.79 Å². The predicted octanol–water partition coefficient (Wildman–Crippen LogP) is 4.38. The van der Waals surface area contributed by atoms with Gasteiger partial charge in [-0.1, -0.05) is 64.6 Å². The average molecular weight is 394 g/mol. The van der Waals surface area contributed by atoms with E-state index in [2.05, 4.69) is 0 Å². The number of rotatable bonds is 2. The first kappa shape index (κ1) is 17.7. The minimum Gasteiger partial charge on any atom is -0.396 e. The zero-order valence-corrected chi connectivity index (χ0v) is 14.2. The van der Waals surface area contributed by atoms with Crippen LogP contribution in [0.15, 0.2) is 30.3 Å². The third kappa shape index (κ3) is 3.64. The summed E-state index contributed by atoms with van der Waals surface area (Å²) in [6, 6.07) is 8.06. The molecule has 0 aliphatic heterocycles. The lowest BCUT2D eigenvalue weighted by Gasteiger charge is -2.13. The van der Waals surface area contributed by atoms with Crippen LogP contribution in [0.25, 0.3) is 0 Å². The summed E-state index contributed by atoms with van der Waals surface area (Å²) < 4.78 is 0. The lowest BCUT2D eigenvalue weighted by atomic mass is 10.2. The van der Waals surface area contributed by atoms with E-state index in [1.54, 1.807) is 18.2 Å². The Kier molecular flexibility index (Phi) is 5.59. The molecule has 0 spiro atoms. The summed E-state index contributed by atoms with van der Waals surface area (Å²) in [7, 11) is 0. The molecule has 2 rings (SSSR count). The standard InChI is InChI=1S/C14H8Cl4N2O3/c15-8-7(9(16)12(19)11(18)10(8)17)13(21)20-23-14(22)6-4-2-1-3-5-6/h1-5H,19H2,(H,20,21). The summed E-state index contributed by atoms with van der Waals surface area (Å²) in [5, 5.41) is -0.601. The minimum atomic E-state index is -0.894. The third-order valence-electron chi connectivity index (χ3n) is 2.77. The number of nitrogens with one attached hydrogen (secondary N) is 1. The van der Waals surface area contributed by atoms with Crippen LogP contribution in [-0.4, -0.2) is 11.9 Å². The molecule has 0 unspecified atom stereocenters. The van der Waals surface area contributed by atoms with Crippen molar-refractivity contribution in [3.8, 4) is 0 Å². The van der Waals surface area contributed by atoms with Gasteiger partial charge >= 0.3 is 5.97 Å². The van der Waals surface area contributed by atoms with Crippen LogP contribution in [0.5, 0.6) is 0 Å². The van der Waals surface area contributed by atoms with Crippen LogP contribution in [0, 0.1) is 0 Å². The molecule has 120 valence electrons. The maximum absolute atomic E-state index is 12.1. The van der Waals surface area contributed by atoms with Crippen LogP contribution in [0.1, 0.15) is 20.7 Å². The highest BCUT2D eigenvalue weighted by Gasteiger charge is 2.24. The monoisotopic (exact) mass is 392 g/mol. The quantitative estimate of drug-likeness (QED) is 0.343. The Labute approximate surface area is 151 Å². The maximum Gasteiger partial charge on any atom is 0.362 e. The highest BCUT2D eigenvalue weighted by atomic mass is 35.5. The first-order chi connectivity index (χ1) is 10.8. The van der Waals surface area contributed by atoms with Gasteiger partial charge in [0.25, 0.3) is 5.91 Å². The van der Waals surface area contributed by atoms with E-state index in [0.717, 1.165) is 0 Å². The lowest BCUT2D eigenvalue weighted by Crippen LogP contribution is -2.28. The fourth-order valence-corrected chi connectivity index (χ4v) is 2.71. The zero-order chi connectivity index (χ0) is 17.1. The molecular formula is C14H8Cl4N2O3. The Morgan fingerprint density at radius 3 is 2.13 bits per heavy atom. The first-order valence-electron chi connectivity index (χ1n) is 6.02. The SMILES string of the molecule is Nc1c(Cl)c(Cl)c(Cl)c(C(=O)NOC(=O)c2ccccc2)c1Cl. The van der Waals surface area contributed by atoms with Crippen molar-refractivity contribution in [2.45, 2.75) is 0 Å². The molecule has 9 heteroatoms. The molecule has 1 amide bonds. The summed E-state index contributed by atoms with van der Waals surface area (Å²) in [5.74, 6) is -1.66. The van der Waals surface area contributed by atoms with E-state index < -0.39 is 11.9 Å². The molecule has 0 aliphatic rings. The summed E-state index contributed by atoms with van der Waals surface area (Å²) in [6.45, 7) is 0. The van der Waals surface area contributed by atoms with E-state index in [1.807, 2.05) is 5.48 Å². The van der Waals surface area contributed by atoms with E-state index in [0.29, 0.717) is 0 Å². The molecule has 0 atom stereocenters. The van der Waals surface area contributed by atoms with Crippen LogP contribution in [0.2, 0.25) is 20.1 Å². The number of halogens is 4. The number of anilines is 1. The number of nitrogens with two attached hydrogens (primary N) is 1. The molecule has 0 saturated carbocycles. The molecule has 2 aromatic carbocycles. The number of carbonyl (C=O) groups excluding carboxylic acids is 2. The van der Waals surface area contributed by atoms with Crippen molar-refractivity contribution in [3.63, 3.8) is 0 Å². The number of benzene rings is 2. The van der Waals surface area contributed by atoms with Gasteiger partial charge in [-0.15, -0.1) is 0 Å². The Morgan fingerprint density at radius 1 is 0.913 bits per heavy atom. The molecular weight excluding hydrogens is 386 g/mol. The molecule has 2 aromatic rings. The van der Waals surface area contributed by atoms with Gasteiger partial charge in [0, 0.05) is 0 Å². The Morgan fingerprint density at radius 2 is 1.52 bits per heavy atom. The number of nitrogen functional groups attached to an aromatic ring is 1. The molecule has 5 nitrogen and oxygen atoms in total. The van der Waals surface area contributed by atoms with Crippen molar-refractivity contribution in [1.29, 1.82) is 0 Å². The molecule has 0 saturated heterocycles. The van der Waals surface area contributed by atoms with Crippen molar-refractivity contribution >= 4 is 64.0 Å². The van der Waals surface area contributed by atoms with Crippen LogP contribution in [0.3, 0.4) is 0 Å². The maximum atomic E-state index is 12.1. The minimum absolute atomic E-state index is 0.0699. The fourth-order valence-electron chi connectivity index (χ4n) is 1.63. The van der Waals surface area contributed by atoms with Gasteiger partial charge < -0.3 is 10.6 Å². The Balaban J connectivity index is 2.21. The van der Waals surface area contributed by atoms with E-state index in [-0.39, 0.29) is 36.9 Å². The van der Waals surface area contributed by atoms with Crippen molar-refractivity contribution in [2.24, 2.45) is 0 Å². The topological polar surface area (TPSA) is 81.4 Å². The van der Waals surface area contributed by atoms with Gasteiger partial charge in [-0.05, 0) is 12.1 Å². The Bertz CT molecular complexity index is 752. The number of hydrogen-bond donors (Lipinski definition) is 2. The van der Waals surface area contributed by atoms with Crippen LogP contribution in [0.4, 0.5) is 5.69 Å². The fraction of sp³-hybridized carbons (Fsp3) is 0. The van der Waals surface area contributed by atoms with E-state index in [1.165, 1.54) is 12.1 Å². The normalized spacial score (nSPS) is 10.3. The summed E-state index contributed by atoms with van der Waals surface area (Å²) in [6.07, 6.45) is 0. The Hall–Kier alpha value is -1.66. The van der Waals surface area contributed by atoms with Crippen molar-refractivity contribution in [1.82, 2.24) is 5.48 Å². The van der Waals surface area contributed by atoms with E-state index in [9.17, 15) is 9.59 Å². The summed E-state index contributed by atoms with van der Waals surface area (Å²) in [4.78, 5) is 28.6. The van der Waals surface area contributed by atoms with Crippen molar-refractivity contribution in [2.75, 3.05) is 5.73 Å². The molecule has 0 heterocycles. The third-order valence-corrected chi connectivity index (χ3v) is 4.50. The highest BCUT2D eigenvalue weighted by molar-refractivity contribution is 6.53. The van der Waals surface area contributed by atoms with E-state index in [4.69, 9.17) is 57.0 Å². The largest absolute Gasteiger partial charge is 0.396 e. The second-order valence-corrected chi connectivity index (χ2v) is 5.74. The molecule has 23 heavy (non-hydrogen) atoms.